The Hall–Kier alpha value is -2.76. The van der Waals surface area contributed by atoms with Crippen molar-refractivity contribution in [2.24, 2.45) is 0 Å². The molecule has 102 valence electrons. The summed E-state index contributed by atoms with van der Waals surface area (Å²) in [4.78, 5) is 30.2. The molecule has 1 heterocycles. The Balaban J connectivity index is 2.04. The van der Waals surface area contributed by atoms with Crippen molar-refractivity contribution in [2.45, 2.75) is 13.0 Å². The van der Waals surface area contributed by atoms with E-state index in [4.69, 9.17) is 5.11 Å². The molecule has 20 heavy (non-hydrogen) atoms. The molecule has 0 unspecified atom stereocenters. The number of rotatable bonds is 5. The summed E-state index contributed by atoms with van der Waals surface area (Å²) in [6.07, 6.45) is 4.12. The molecule has 0 atom stereocenters. The molecule has 0 spiro atoms. The SMILES string of the molecule is O=C(O)Cc1ccccc1CNC(=O)c1cncnc1. The number of nitrogens with one attached hydrogen (secondary N) is 1. The fraction of sp³-hybridized carbons (Fsp3) is 0.143. The average molecular weight is 271 g/mol. The predicted octanol–water partition coefficient (Wildman–Crippen LogP) is 1.03. The van der Waals surface area contributed by atoms with Gasteiger partial charge in [-0.15, -0.1) is 0 Å². The number of aliphatic carboxylic acids is 1. The monoisotopic (exact) mass is 271 g/mol. The van der Waals surface area contributed by atoms with E-state index in [2.05, 4.69) is 15.3 Å². The molecule has 1 aromatic carbocycles. The highest BCUT2D eigenvalue weighted by atomic mass is 16.4. The van der Waals surface area contributed by atoms with Crippen LogP contribution < -0.4 is 5.32 Å². The zero-order valence-corrected chi connectivity index (χ0v) is 10.6. The van der Waals surface area contributed by atoms with Gasteiger partial charge in [0.05, 0.1) is 12.0 Å². The maximum absolute atomic E-state index is 11.8. The van der Waals surface area contributed by atoms with Crippen LogP contribution in [0.25, 0.3) is 0 Å². The van der Waals surface area contributed by atoms with Crippen LogP contribution >= 0.6 is 0 Å². The van der Waals surface area contributed by atoms with Crippen LogP contribution in [-0.2, 0) is 17.8 Å². The Labute approximate surface area is 115 Å². The van der Waals surface area contributed by atoms with Gasteiger partial charge in [-0.3, -0.25) is 9.59 Å². The lowest BCUT2D eigenvalue weighted by molar-refractivity contribution is -0.136. The van der Waals surface area contributed by atoms with Gasteiger partial charge in [0, 0.05) is 18.9 Å². The van der Waals surface area contributed by atoms with Gasteiger partial charge in [-0.2, -0.15) is 0 Å². The van der Waals surface area contributed by atoms with E-state index < -0.39 is 5.97 Å². The number of nitrogens with zero attached hydrogens (tertiary/aromatic N) is 2. The summed E-state index contributed by atoms with van der Waals surface area (Å²) in [5, 5.41) is 11.6. The van der Waals surface area contributed by atoms with Gasteiger partial charge < -0.3 is 10.4 Å². The molecule has 2 rings (SSSR count). The lowest BCUT2D eigenvalue weighted by Gasteiger charge is -2.09. The largest absolute Gasteiger partial charge is 0.481 e. The number of benzene rings is 1. The highest BCUT2D eigenvalue weighted by Crippen LogP contribution is 2.09. The van der Waals surface area contributed by atoms with Crippen molar-refractivity contribution in [1.82, 2.24) is 15.3 Å². The number of carbonyl (C=O) groups is 2. The first-order valence-corrected chi connectivity index (χ1v) is 5.98. The lowest BCUT2D eigenvalue weighted by atomic mass is 10.0. The molecular weight excluding hydrogens is 258 g/mol. The van der Waals surface area contributed by atoms with Crippen molar-refractivity contribution >= 4 is 11.9 Å². The minimum absolute atomic E-state index is 0.0690. The predicted molar refractivity (Wildman–Crippen MR) is 71.0 cm³/mol. The molecular formula is C14H13N3O3. The second kappa shape index (κ2) is 6.42. The maximum atomic E-state index is 11.8. The Morgan fingerprint density at radius 1 is 1.10 bits per heavy atom. The highest BCUT2D eigenvalue weighted by Gasteiger charge is 2.09. The molecule has 0 fully saturated rings. The summed E-state index contributed by atoms with van der Waals surface area (Å²) >= 11 is 0. The van der Waals surface area contributed by atoms with Crippen LogP contribution in [0.4, 0.5) is 0 Å². The van der Waals surface area contributed by atoms with Crippen LogP contribution in [0.1, 0.15) is 21.5 Å². The third-order valence-corrected chi connectivity index (χ3v) is 2.72. The van der Waals surface area contributed by atoms with Crippen molar-refractivity contribution in [3.63, 3.8) is 0 Å². The molecule has 1 amide bonds. The molecule has 0 saturated heterocycles. The number of carboxylic acid groups (broad SMARTS) is 1. The van der Waals surface area contributed by atoms with E-state index in [1.54, 1.807) is 24.3 Å². The van der Waals surface area contributed by atoms with E-state index in [0.29, 0.717) is 11.1 Å². The Morgan fingerprint density at radius 3 is 2.40 bits per heavy atom. The average Bonchev–Trinajstić information content (AvgIpc) is 2.46. The van der Waals surface area contributed by atoms with Crippen LogP contribution in [0.15, 0.2) is 43.0 Å². The van der Waals surface area contributed by atoms with Crippen molar-refractivity contribution in [3.8, 4) is 0 Å². The second-order valence-corrected chi connectivity index (χ2v) is 4.15. The standard InChI is InChI=1S/C14H13N3O3/c18-13(19)5-10-3-1-2-4-11(10)8-17-14(20)12-6-15-9-16-7-12/h1-4,6-7,9H,5,8H2,(H,17,20)(H,18,19). The Morgan fingerprint density at radius 2 is 1.75 bits per heavy atom. The summed E-state index contributed by atoms with van der Waals surface area (Å²) < 4.78 is 0. The van der Waals surface area contributed by atoms with Gasteiger partial charge in [-0.05, 0) is 11.1 Å². The maximum Gasteiger partial charge on any atom is 0.307 e. The third-order valence-electron chi connectivity index (χ3n) is 2.72. The molecule has 1 aromatic heterocycles. The van der Waals surface area contributed by atoms with E-state index >= 15 is 0 Å². The molecule has 0 saturated carbocycles. The van der Waals surface area contributed by atoms with Gasteiger partial charge in [0.15, 0.2) is 0 Å². The summed E-state index contributed by atoms with van der Waals surface area (Å²) in [6.45, 7) is 0.261. The first kappa shape index (κ1) is 13.7. The van der Waals surface area contributed by atoms with Gasteiger partial charge >= 0.3 is 5.97 Å². The minimum Gasteiger partial charge on any atom is -0.481 e. The summed E-state index contributed by atoms with van der Waals surface area (Å²) in [5.74, 6) is -1.20. The van der Waals surface area contributed by atoms with Crippen LogP contribution in [-0.4, -0.2) is 27.0 Å². The quantitative estimate of drug-likeness (QED) is 0.847. The highest BCUT2D eigenvalue weighted by molar-refractivity contribution is 5.93. The van der Waals surface area contributed by atoms with Gasteiger partial charge in [0.25, 0.3) is 5.91 Å². The van der Waals surface area contributed by atoms with Crippen molar-refractivity contribution in [2.75, 3.05) is 0 Å². The molecule has 0 aliphatic carbocycles. The van der Waals surface area contributed by atoms with E-state index in [9.17, 15) is 9.59 Å². The topological polar surface area (TPSA) is 92.2 Å². The molecule has 0 bridgehead atoms. The van der Waals surface area contributed by atoms with Crippen LogP contribution in [0, 0.1) is 0 Å². The van der Waals surface area contributed by atoms with E-state index in [1.807, 2.05) is 0 Å². The van der Waals surface area contributed by atoms with Crippen LogP contribution in [0.2, 0.25) is 0 Å². The molecule has 6 nitrogen and oxygen atoms in total. The number of hydrogen-bond donors (Lipinski definition) is 2. The number of amides is 1. The minimum atomic E-state index is -0.903. The van der Waals surface area contributed by atoms with Gasteiger partial charge in [-0.25, -0.2) is 9.97 Å². The van der Waals surface area contributed by atoms with E-state index in [0.717, 1.165) is 5.56 Å². The number of carboxylic acids is 1. The van der Waals surface area contributed by atoms with Crippen LogP contribution in [0.3, 0.4) is 0 Å². The number of carbonyl (C=O) groups excluding carboxylic acids is 1. The molecule has 2 aromatic rings. The molecule has 0 aliphatic heterocycles. The fourth-order valence-electron chi connectivity index (χ4n) is 1.76. The van der Waals surface area contributed by atoms with Gasteiger partial charge in [0.2, 0.25) is 0 Å². The third kappa shape index (κ3) is 3.61. The zero-order valence-electron chi connectivity index (χ0n) is 10.6. The molecule has 0 radical (unpaired) electrons. The second-order valence-electron chi connectivity index (χ2n) is 4.15. The van der Waals surface area contributed by atoms with Crippen molar-refractivity contribution < 1.29 is 14.7 Å². The Bertz CT molecular complexity index is 614. The first-order valence-electron chi connectivity index (χ1n) is 5.98. The number of aromatic nitrogens is 2. The first-order chi connectivity index (χ1) is 9.66. The van der Waals surface area contributed by atoms with Gasteiger partial charge in [0.1, 0.15) is 6.33 Å². The van der Waals surface area contributed by atoms with Crippen LogP contribution in [0.5, 0.6) is 0 Å². The summed E-state index contributed by atoms with van der Waals surface area (Å²) in [5.41, 5.74) is 1.83. The lowest BCUT2D eigenvalue weighted by Crippen LogP contribution is -2.24. The normalized spacial score (nSPS) is 10.0. The van der Waals surface area contributed by atoms with Crippen molar-refractivity contribution in [1.29, 1.82) is 0 Å². The van der Waals surface area contributed by atoms with E-state index in [-0.39, 0.29) is 18.9 Å². The zero-order chi connectivity index (χ0) is 14.4. The fourth-order valence-corrected chi connectivity index (χ4v) is 1.76. The number of hydrogen-bond acceptors (Lipinski definition) is 4. The molecule has 0 aliphatic rings. The van der Waals surface area contributed by atoms with Gasteiger partial charge in [-0.1, -0.05) is 24.3 Å². The summed E-state index contributed by atoms with van der Waals surface area (Å²) in [7, 11) is 0. The van der Waals surface area contributed by atoms with E-state index in [1.165, 1.54) is 18.7 Å². The Kier molecular flexibility index (Phi) is 4.39. The molecule has 6 heteroatoms. The smallest absolute Gasteiger partial charge is 0.307 e. The van der Waals surface area contributed by atoms with Crippen molar-refractivity contribution in [3.05, 3.63) is 59.7 Å². The molecule has 2 N–H and O–H groups in total. The summed E-state index contributed by atoms with van der Waals surface area (Å²) in [6, 6.07) is 7.11.